The Kier molecular flexibility index (Phi) is 39.1. The highest BCUT2D eigenvalue weighted by molar-refractivity contribution is 7.47. The molecule has 2 atom stereocenters. The average Bonchev–Trinajstić information content (AvgIpc) is 3.15. The van der Waals surface area contributed by atoms with Gasteiger partial charge in [-0.3, -0.25) is 18.6 Å². The Labute approximate surface area is 326 Å². The van der Waals surface area contributed by atoms with Crippen molar-refractivity contribution < 1.29 is 37.6 Å². The second-order valence-electron chi connectivity index (χ2n) is 14.8. The van der Waals surface area contributed by atoms with Crippen molar-refractivity contribution in [3.05, 3.63) is 24.3 Å². The van der Waals surface area contributed by atoms with Crippen molar-refractivity contribution in [1.29, 1.82) is 0 Å². The molecule has 0 heterocycles. The van der Waals surface area contributed by atoms with Crippen LogP contribution in [0, 0.1) is 0 Å². The van der Waals surface area contributed by atoms with E-state index in [1.165, 1.54) is 148 Å². The first kappa shape index (κ1) is 51.5. The van der Waals surface area contributed by atoms with Crippen molar-refractivity contribution in [3.8, 4) is 0 Å². The summed E-state index contributed by atoms with van der Waals surface area (Å²) in [7, 11) is -3.19. The van der Waals surface area contributed by atoms with E-state index in [4.69, 9.17) is 14.0 Å². The Morgan fingerprint density at radius 3 is 1.32 bits per heavy atom. The lowest BCUT2D eigenvalue weighted by Gasteiger charge is -2.19. The molecule has 8 nitrogen and oxygen atoms in total. The van der Waals surface area contributed by atoms with Gasteiger partial charge in [0.05, 0.1) is 6.61 Å². The molecule has 0 spiro atoms. The van der Waals surface area contributed by atoms with E-state index in [1.807, 2.05) is 0 Å². The molecule has 0 amide bonds. The predicted molar refractivity (Wildman–Crippen MR) is 221 cm³/mol. The van der Waals surface area contributed by atoms with Gasteiger partial charge >= 0.3 is 19.8 Å². The summed E-state index contributed by atoms with van der Waals surface area (Å²) in [5.41, 5.74) is 0. The van der Waals surface area contributed by atoms with Gasteiger partial charge in [0.15, 0.2) is 6.10 Å². The molecule has 0 aliphatic rings. The van der Waals surface area contributed by atoms with E-state index in [1.54, 1.807) is 0 Å². The summed E-state index contributed by atoms with van der Waals surface area (Å²) in [5, 5.41) is 0. The van der Waals surface area contributed by atoms with E-state index in [2.05, 4.69) is 42.7 Å². The average molecular weight is 771 g/mol. The highest BCUT2D eigenvalue weighted by Gasteiger charge is 2.24. The summed E-state index contributed by atoms with van der Waals surface area (Å²) in [5.74, 6) is -0.799. The number of phosphoric acid groups is 1. The summed E-state index contributed by atoms with van der Waals surface area (Å²) >= 11 is 0. The van der Waals surface area contributed by atoms with Gasteiger partial charge in [-0.25, -0.2) is 4.57 Å². The van der Waals surface area contributed by atoms with Gasteiger partial charge in [0.1, 0.15) is 6.61 Å². The van der Waals surface area contributed by atoms with E-state index >= 15 is 0 Å². The molecule has 0 saturated carbocycles. The van der Waals surface area contributed by atoms with Crippen molar-refractivity contribution in [2.75, 3.05) is 20.3 Å². The zero-order valence-electron chi connectivity index (χ0n) is 34.7. The number of allylic oxidation sites excluding steroid dienone is 4. The van der Waals surface area contributed by atoms with Gasteiger partial charge in [-0.1, -0.05) is 186 Å². The molecule has 0 rings (SSSR count). The van der Waals surface area contributed by atoms with Gasteiger partial charge in [0.2, 0.25) is 0 Å². The molecule has 0 aromatic carbocycles. The largest absolute Gasteiger partial charge is 0.472 e. The number of hydrogen-bond acceptors (Lipinski definition) is 7. The molecular formula is C44H83O8P. The Hall–Kier alpha value is -1.47. The van der Waals surface area contributed by atoms with E-state index in [9.17, 15) is 19.0 Å². The van der Waals surface area contributed by atoms with Gasteiger partial charge in [-0.05, 0) is 44.9 Å². The fourth-order valence-electron chi connectivity index (χ4n) is 6.28. The number of carbonyl (C=O) groups excluding carboxylic acids is 2. The van der Waals surface area contributed by atoms with Crippen LogP contribution in [0.1, 0.15) is 219 Å². The minimum Gasteiger partial charge on any atom is -0.462 e. The van der Waals surface area contributed by atoms with E-state index < -0.39 is 26.5 Å². The van der Waals surface area contributed by atoms with Crippen LogP contribution in [0.25, 0.3) is 0 Å². The third kappa shape index (κ3) is 40.0. The number of ether oxygens (including phenoxy) is 2. The third-order valence-corrected chi connectivity index (χ3v) is 10.6. The zero-order chi connectivity index (χ0) is 38.9. The van der Waals surface area contributed by atoms with Crippen LogP contribution in [0.5, 0.6) is 0 Å². The van der Waals surface area contributed by atoms with Crippen LogP contribution in [0.3, 0.4) is 0 Å². The molecule has 0 radical (unpaired) electrons. The molecule has 0 aliphatic carbocycles. The lowest BCUT2D eigenvalue weighted by molar-refractivity contribution is -0.161. The van der Waals surface area contributed by atoms with Crippen LogP contribution in [0.15, 0.2) is 24.3 Å². The SMILES string of the molecule is CCCCCCC/C=C\C/C=C\CCCCCCCCCCCCCC(=O)OC(COC(=O)CCCCCCCCCCCCC)COP(=O)(O)OC. The molecule has 0 aromatic rings. The van der Waals surface area contributed by atoms with Crippen molar-refractivity contribution >= 4 is 19.8 Å². The summed E-state index contributed by atoms with van der Waals surface area (Å²) in [6.07, 6.45) is 45.2. The zero-order valence-corrected chi connectivity index (χ0v) is 35.6. The maximum absolute atomic E-state index is 12.5. The number of hydrogen-bond donors (Lipinski definition) is 1. The fraction of sp³-hybridized carbons (Fsp3) is 0.864. The molecule has 9 heteroatoms. The highest BCUT2D eigenvalue weighted by Crippen LogP contribution is 2.42. The van der Waals surface area contributed by atoms with Gasteiger partial charge < -0.3 is 14.4 Å². The Morgan fingerprint density at radius 1 is 0.528 bits per heavy atom. The molecule has 0 bridgehead atoms. The van der Waals surface area contributed by atoms with Gasteiger partial charge in [0, 0.05) is 20.0 Å². The molecule has 0 fully saturated rings. The lowest BCUT2D eigenvalue weighted by Crippen LogP contribution is -2.29. The monoisotopic (exact) mass is 771 g/mol. The first-order chi connectivity index (χ1) is 25.8. The number of carbonyl (C=O) groups is 2. The first-order valence-electron chi connectivity index (χ1n) is 22.0. The van der Waals surface area contributed by atoms with Crippen LogP contribution >= 0.6 is 7.82 Å². The normalized spacial score (nSPS) is 13.5. The third-order valence-electron chi connectivity index (χ3n) is 9.70. The second kappa shape index (κ2) is 40.2. The fourth-order valence-corrected chi connectivity index (χ4v) is 6.74. The van der Waals surface area contributed by atoms with Crippen LogP contribution in [-0.4, -0.2) is 43.3 Å². The minimum absolute atomic E-state index is 0.222. The Bertz CT molecular complexity index is 921. The van der Waals surface area contributed by atoms with E-state index in [0.717, 1.165) is 45.6 Å². The molecule has 0 aliphatic heterocycles. The van der Waals surface area contributed by atoms with Gasteiger partial charge in [-0.15, -0.1) is 0 Å². The molecule has 1 N–H and O–H groups in total. The summed E-state index contributed by atoms with van der Waals surface area (Å²) in [6, 6.07) is 0. The van der Waals surface area contributed by atoms with Crippen LogP contribution in [0.2, 0.25) is 0 Å². The van der Waals surface area contributed by atoms with Crippen molar-refractivity contribution in [2.45, 2.75) is 225 Å². The smallest absolute Gasteiger partial charge is 0.462 e. The molecule has 0 aromatic heterocycles. The molecule has 0 saturated heterocycles. The summed E-state index contributed by atoms with van der Waals surface area (Å²) < 4.78 is 32.0. The predicted octanol–water partition coefficient (Wildman–Crippen LogP) is 13.8. The van der Waals surface area contributed by atoms with E-state index in [0.29, 0.717) is 12.8 Å². The van der Waals surface area contributed by atoms with Crippen LogP contribution < -0.4 is 0 Å². The molecule has 53 heavy (non-hydrogen) atoms. The topological polar surface area (TPSA) is 108 Å². The van der Waals surface area contributed by atoms with Crippen molar-refractivity contribution in [1.82, 2.24) is 0 Å². The maximum atomic E-state index is 12.5. The van der Waals surface area contributed by atoms with Crippen molar-refractivity contribution in [3.63, 3.8) is 0 Å². The molecule has 2 unspecified atom stereocenters. The van der Waals surface area contributed by atoms with Gasteiger partial charge in [-0.2, -0.15) is 0 Å². The van der Waals surface area contributed by atoms with Crippen LogP contribution in [-0.2, 0) is 32.7 Å². The Balaban J connectivity index is 3.91. The Morgan fingerprint density at radius 2 is 0.906 bits per heavy atom. The quantitative estimate of drug-likeness (QED) is 0.0283. The molecule has 312 valence electrons. The maximum Gasteiger partial charge on any atom is 0.472 e. The van der Waals surface area contributed by atoms with E-state index in [-0.39, 0.29) is 19.0 Å². The van der Waals surface area contributed by atoms with Crippen molar-refractivity contribution in [2.24, 2.45) is 0 Å². The lowest BCUT2D eigenvalue weighted by atomic mass is 10.0. The summed E-state index contributed by atoms with van der Waals surface area (Å²) in [4.78, 5) is 34.4. The van der Waals surface area contributed by atoms with Gasteiger partial charge in [0.25, 0.3) is 0 Å². The van der Waals surface area contributed by atoms with Crippen LogP contribution in [0.4, 0.5) is 0 Å². The number of esters is 2. The molecular weight excluding hydrogens is 687 g/mol. The number of unbranched alkanes of at least 4 members (excludes halogenated alkanes) is 26. The summed E-state index contributed by atoms with van der Waals surface area (Å²) in [6.45, 7) is 3.88. The standard InChI is InChI=1S/C44H83O8P/c1-4-6-8-10-12-14-16-17-18-19-20-21-22-23-24-25-26-27-29-31-33-35-37-39-44(46)52-42(41-51-53(47,48)49-3)40-50-43(45)38-36-34-32-30-28-15-13-11-9-7-5-2/h16-17,19-20,42H,4-15,18,21-41H2,1-3H3,(H,47,48)/b17-16-,20-19-. The minimum atomic E-state index is -4.26. The first-order valence-corrected chi connectivity index (χ1v) is 23.5. The second-order valence-corrected chi connectivity index (χ2v) is 16.4. The highest BCUT2D eigenvalue weighted by atomic mass is 31.2. The number of phosphoric ester groups is 1. The number of rotatable bonds is 41.